The number of hydrogen-bond acceptors (Lipinski definition) is 5. The molecule has 158 valence electrons. The van der Waals surface area contributed by atoms with E-state index in [0.717, 1.165) is 43.1 Å². The number of benzene rings is 2. The molecule has 2 heterocycles. The fraction of sp³-hybridized carbons (Fsp3) is 0.391. The van der Waals surface area contributed by atoms with E-state index in [1.807, 2.05) is 56.3 Å². The summed E-state index contributed by atoms with van der Waals surface area (Å²) >= 11 is 1.44. The van der Waals surface area contributed by atoms with Crippen molar-refractivity contribution in [3.05, 3.63) is 63.9 Å². The third-order valence-electron chi connectivity index (χ3n) is 5.48. The number of hydrogen-bond donors (Lipinski definition) is 2. The van der Waals surface area contributed by atoms with Gasteiger partial charge in [0, 0.05) is 5.75 Å². The number of thioether (sulfide) groups is 1. The van der Waals surface area contributed by atoms with Gasteiger partial charge in [-0.05, 0) is 43.2 Å². The van der Waals surface area contributed by atoms with Crippen LogP contribution in [0, 0.1) is 13.8 Å². The Hall–Kier alpha value is -2.19. The van der Waals surface area contributed by atoms with Crippen molar-refractivity contribution in [1.82, 2.24) is 9.55 Å². The van der Waals surface area contributed by atoms with E-state index < -0.39 is 6.10 Å². The van der Waals surface area contributed by atoms with Gasteiger partial charge in [0.1, 0.15) is 25.7 Å². The monoisotopic (exact) mass is 426 g/mol. The van der Waals surface area contributed by atoms with Crippen molar-refractivity contribution in [2.75, 3.05) is 38.6 Å². The molecule has 0 unspecified atom stereocenters. The molecule has 7 heteroatoms. The van der Waals surface area contributed by atoms with Gasteiger partial charge in [-0.25, -0.2) is 4.98 Å². The Morgan fingerprint density at radius 3 is 2.77 bits per heavy atom. The fourth-order valence-electron chi connectivity index (χ4n) is 3.81. The number of ether oxygens (including phenoxy) is 1. The highest BCUT2D eigenvalue weighted by atomic mass is 32.2. The maximum Gasteiger partial charge on any atom is 0.266 e. The lowest BCUT2D eigenvalue weighted by molar-refractivity contribution is -0.910. The second kappa shape index (κ2) is 9.31. The number of morpholine rings is 1. The summed E-state index contributed by atoms with van der Waals surface area (Å²) in [6.07, 6.45) is -0.474. The van der Waals surface area contributed by atoms with Crippen molar-refractivity contribution < 1.29 is 14.7 Å². The maximum atomic E-state index is 13.4. The van der Waals surface area contributed by atoms with Gasteiger partial charge in [-0.15, -0.1) is 0 Å². The number of para-hydroxylation sites is 1. The summed E-state index contributed by atoms with van der Waals surface area (Å²) in [7, 11) is 0. The first-order chi connectivity index (χ1) is 14.5. The lowest BCUT2D eigenvalue weighted by Gasteiger charge is -2.25. The first kappa shape index (κ1) is 21.1. The zero-order chi connectivity index (χ0) is 21.1. The lowest BCUT2D eigenvalue weighted by atomic mass is 10.1. The minimum Gasteiger partial charge on any atom is -0.386 e. The smallest absolute Gasteiger partial charge is 0.266 e. The fourth-order valence-corrected chi connectivity index (χ4v) is 4.74. The number of quaternary nitrogens is 1. The highest BCUT2D eigenvalue weighted by Gasteiger charge is 2.20. The van der Waals surface area contributed by atoms with Gasteiger partial charge >= 0.3 is 0 Å². The van der Waals surface area contributed by atoms with E-state index in [0.29, 0.717) is 28.4 Å². The molecule has 1 saturated heterocycles. The maximum absolute atomic E-state index is 13.4. The Labute approximate surface area is 180 Å². The van der Waals surface area contributed by atoms with Gasteiger partial charge in [0.15, 0.2) is 5.16 Å². The van der Waals surface area contributed by atoms with Crippen LogP contribution in [-0.2, 0) is 4.74 Å². The minimum atomic E-state index is -0.474. The van der Waals surface area contributed by atoms with Gasteiger partial charge < -0.3 is 14.7 Å². The van der Waals surface area contributed by atoms with Gasteiger partial charge in [0.25, 0.3) is 5.56 Å². The number of fused-ring (bicyclic) bond motifs is 1. The first-order valence-electron chi connectivity index (χ1n) is 10.3. The van der Waals surface area contributed by atoms with E-state index in [1.165, 1.54) is 16.7 Å². The molecular weight excluding hydrogens is 398 g/mol. The number of nitrogens with zero attached hydrogens (tertiary/aromatic N) is 2. The van der Waals surface area contributed by atoms with Crippen LogP contribution < -0.4 is 10.5 Å². The molecule has 1 aliphatic heterocycles. The largest absolute Gasteiger partial charge is 0.386 e. The van der Waals surface area contributed by atoms with Crippen LogP contribution in [0.2, 0.25) is 0 Å². The number of rotatable bonds is 6. The van der Waals surface area contributed by atoms with Crippen LogP contribution in [0.15, 0.2) is 52.4 Å². The number of aromatic nitrogens is 2. The Morgan fingerprint density at radius 2 is 1.97 bits per heavy atom. The highest BCUT2D eigenvalue weighted by molar-refractivity contribution is 7.99. The summed E-state index contributed by atoms with van der Waals surface area (Å²) in [6, 6.07) is 13.5. The lowest BCUT2D eigenvalue weighted by Crippen LogP contribution is -3.15. The predicted molar refractivity (Wildman–Crippen MR) is 120 cm³/mol. The molecule has 2 N–H and O–H groups in total. The summed E-state index contributed by atoms with van der Waals surface area (Å²) in [5.74, 6) is 0.486. The van der Waals surface area contributed by atoms with Crippen molar-refractivity contribution in [3.63, 3.8) is 0 Å². The minimum absolute atomic E-state index is 0.0786. The molecule has 1 aromatic heterocycles. The first-order valence-corrected chi connectivity index (χ1v) is 11.3. The molecule has 2 aromatic carbocycles. The Balaban J connectivity index is 1.67. The van der Waals surface area contributed by atoms with Crippen LogP contribution in [-0.4, -0.2) is 59.4 Å². The number of aryl methyl sites for hydroxylation is 2. The van der Waals surface area contributed by atoms with Crippen molar-refractivity contribution in [1.29, 1.82) is 0 Å². The van der Waals surface area contributed by atoms with Crippen molar-refractivity contribution in [2.24, 2.45) is 0 Å². The molecule has 4 rings (SSSR count). The molecule has 0 amide bonds. The van der Waals surface area contributed by atoms with Crippen LogP contribution in [0.4, 0.5) is 0 Å². The summed E-state index contributed by atoms with van der Waals surface area (Å²) in [4.78, 5) is 19.5. The third-order valence-corrected chi connectivity index (χ3v) is 6.56. The molecule has 0 spiro atoms. The third kappa shape index (κ3) is 4.59. The van der Waals surface area contributed by atoms with Crippen LogP contribution >= 0.6 is 11.8 Å². The Bertz CT molecular complexity index is 1090. The van der Waals surface area contributed by atoms with Gasteiger partial charge in [0.05, 0.1) is 29.8 Å². The SMILES string of the molecule is Cc1ccc(C)c(-n2c(SC[C@@H](O)C[NH+]3CCOCC3)nc3ccccc3c2=O)c1. The second-order valence-electron chi connectivity index (χ2n) is 7.87. The quantitative estimate of drug-likeness (QED) is 0.460. The van der Waals surface area contributed by atoms with Gasteiger partial charge in [-0.1, -0.05) is 36.0 Å². The van der Waals surface area contributed by atoms with Crippen molar-refractivity contribution >= 4 is 22.7 Å². The molecular formula is C23H28N3O3S+. The summed E-state index contributed by atoms with van der Waals surface area (Å²) < 4.78 is 7.09. The predicted octanol–water partition coefficient (Wildman–Crippen LogP) is 1.37. The second-order valence-corrected chi connectivity index (χ2v) is 8.86. The molecule has 0 aliphatic carbocycles. The van der Waals surface area contributed by atoms with E-state index >= 15 is 0 Å². The number of aliphatic hydroxyl groups excluding tert-OH is 1. The zero-order valence-electron chi connectivity index (χ0n) is 17.4. The van der Waals surface area contributed by atoms with Crippen molar-refractivity contribution in [2.45, 2.75) is 25.1 Å². The van der Waals surface area contributed by atoms with E-state index in [-0.39, 0.29) is 5.56 Å². The van der Waals surface area contributed by atoms with E-state index in [2.05, 4.69) is 0 Å². The molecule has 0 bridgehead atoms. The van der Waals surface area contributed by atoms with Gasteiger partial charge in [-0.2, -0.15) is 0 Å². The average molecular weight is 427 g/mol. The topological polar surface area (TPSA) is 68.8 Å². The van der Waals surface area contributed by atoms with E-state index in [9.17, 15) is 9.90 Å². The normalized spacial score (nSPS) is 16.1. The molecule has 1 fully saturated rings. The van der Waals surface area contributed by atoms with Gasteiger partial charge in [0.2, 0.25) is 0 Å². The van der Waals surface area contributed by atoms with Gasteiger partial charge in [-0.3, -0.25) is 9.36 Å². The van der Waals surface area contributed by atoms with Crippen LogP contribution in [0.3, 0.4) is 0 Å². The Kier molecular flexibility index (Phi) is 6.53. The number of aliphatic hydroxyl groups is 1. The molecule has 0 saturated carbocycles. The molecule has 3 aromatic rings. The molecule has 0 radical (unpaired) electrons. The zero-order valence-corrected chi connectivity index (χ0v) is 18.2. The molecule has 1 aliphatic rings. The number of nitrogens with one attached hydrogen (secondary N) is 1. The summed E-state index contributed by atoms with van der Waals surface area (Å²) in [6.45, 7) is 8.02. The molecule has 1 atom stereocenters. The average Bonchev–Trinajstić information content (AvgIpc) is 2.75. The highest BCUT2D eigenvalue weighted by Crippen LogP contribution is 2.24. The van der Waals surface area contributed by atoms with Crippen LogP contribution in [0.1, 0.15) is 11.1 Å². The molecule has 30 heavy (non-hydrogen) atoms. The summed E-state index contributed by atoms with van der Waals surface area (Å²) in [5.41, 5.74) is 3.54. The van der Waals surface area contributed by atoms with E-state index in [4.69, 9.17) is 9.72 Å². The molecule has 6 nitrogen and oxygen atoms in total. The van der Waals surface area contributed by atoms with Crippen LogP contribution in [0.5, 0.6) is 0 Å². The van der Waals surface area contributed by atoms with Crippen molar-refractivity contribution in [3.8, 4) is 5.69 Å². The van der Waals surface area contributed by atoms with E-state index in [1.54, 1.807) is 4.57 Å². The van der Waals surface area contributed by atoms with Crippen LogP contribution in [0.25, 0.3) is 16.6 Å². The summed E-state index contributed by atoms with van der Waals surface area (Å²) in [5, 5.41) is 11.8. The Morgan fingerprint density at radius 1 is 1.20 bits per heavy atom. The standard InChI is InChI=1S/C23H27N3O3S/c1-16-7-8-17(2)21(13-16)26-22(28)19-5-3-4-6-20(19)24-23(26)30-15-18(27)14-25-9-11-29-12-10-25/h3-8,13,18,27H,9-12,14-15H2,1-2H3/p+1/t18-/m0/s1.